The molecule has 106 valence electrons. The standard InChI is InChI=1S/C14H14O5S/c1-18-9-3-4-10(19-2)13-12(9)8(16)7-11(14(13)17)20-6-5-15/h3-4,7,15H,5-6H2,1-2H3. The first-order chi connectivity index (χ1) is 9.63. The van der Waals surface area contributed by atoms with Gasteiger partial charge in [0.2, 0.25) is 5.78 Å². The Balaban J connectivity index is 2.56. The van der Waals surface area contributed by atoms with Crippen molar-refractivity contribution in [3.8, 4) is 11.5 Å². The van der Waals surface area contributed by atoms with Crippen LogP contribution in [0.15, 0.2) is 23.1 Å². The van der Waals surface area contributed by atoms with E-state index in [0.717, 1.165) is 11.8 Å². The monoisotopic (exact) mass is 294 g/mol. The summed E-state index contributed by atoms with van der Waals surface area (Å²) in [6.07, 6.45) is 1.28. The molecule has 2 rings (SSSR count). The van der Waals surface area contributed by atoms with Gasteiger partial charge in [0.1, 0.15) is 11.5 Å². The number of carbonyl (C=O) groups excluding carboxylic acids is 2. The number of hydrogen-bond acceptors (Lipinski definition) is 6. The molecule has 0 bridgehead atoms. The van der Waals surface area contributed by atoms with E-state index in [-0.39, 0.29) is 29.3 Å². The van der Waals surface area contributed by atoms with Crippen LogP contribution in [-0.4, -0.2) is 43.3 Å². The highest BCUT2D eigenvalue weighted by molar-refractivity contribution is 8.04. The summed E-state index contributed by atoms with van der Waals surface area (Å²) in [5.74, 6) is 0.465. The van der Waals surface area contributed by atoms with Crippen LogP contribution in [0, 0.1) is 0 Å². The van der Waals surface area contributed by atoms with Gasteiger partial charge in [-0.25, -0.2) is 0 Å². The van der Waals surface area contributed by atoms with Gasteiger partial charge in [-0.2, -0.15) is 0 Å². The molecule has 1 aromatic rings. The first-order valence-corrected chi connectivity index (χ1v) is 6.92. The Labute approximate surface area is 120 Å². The van der Waals surface area contributed by atoms with Crippen molar-refractivity contribution < 1.29 is 24.2 Å². The molecule has 1 aliphatic rings. The maximum Gasteiger partial charge on any atom is 0.204 e. The Kier molecular flexibility index (Phi) is 4.46. The molecule has 0 aliphatic heterocycles. The maximum absolute atomic E-state index is 12.5. The number of hydrogen-bond donors (Lipinski definition) is 1. The van der Waals surface area contributed by atoms with Crippen LogP contribution < -0.4 is 9.47 Å². The zero-order valence-electron chi connectivity index (χ0n) is 11.1. The molecule has 0 saturated carbocycles. The SMILES string of the molecule is COc1ccc(OC)c2c1C(=O)C=C(SCCO)C2=O. The molecule has 1 N–H and O–H groups in total. The molecule has 0 aromatic heterocycles. The molecule has 1 aliphatic carbocycles. The summed E-state index contributed by atoms with van der Waals surface area (Å²) in [7, 11) is 2.89. The first-order valence-electron chi connectivity index (χ1n) is 5.93. The molecule has 0 unspecified atom stereocenters. The fourth-order valence-electron chi connectivity index (χ4n) is 2.02. The molecule has 0 saturated heterocycles. The van der Waals surface area contributed by atoms with Crippen molar-refractivity contribution in [2.75, 3.05) is 26.6 Å². The van der Waals surface area contributed by atoms with E-state index in [9.17, 15) is 9.59 Å². The van der Waals surface area contributed by atoms with Crippen molar-refractivity contribution in [1.29, 1.82) is 0 Å². The van der Waals surface area contributed by atoms with Crippen molar-refractivity contribution in [1.82, 2.24) is 0 Å². The van der Waals surface area contributed by atoms with Crippen LogP contribution >= 0.6 is 11.8 Å². The molecular weight excluding hydrogens is 280 g/mol. The molecule has 1 aromatic carbocycles. The zero-order chi connectivity index (χ0) is 14.7. The molecule has 0 fully saturated rings. The minimum Gasteiger partial charge on any atom is -0.496 e. The number of ether oxygens (including phenoxy) is 2. The molecular formula is C14H14O5S. The van der Waals surface area contributed by atoms with E-state index in [1.54, 1.807) is 12.1 Å². The van der Waals surface area contributed by atoms with Crippen LogP contribution in [-0.2, 0) is 0 Å². The van der Waals surface area contributed by atoms with Crippen LogP contribution in [0.3, 0.4) is 0 Å². The third-order valence-electron chi connectivity index (χ3n) is 2.88. The number of methoxy groups -OCH3 is 2. The van der Waals surface area contributed by atoms with Gasteiger partial charge in [0, 0.05) is 11.8 Å². The van der Waals surface area contributed by atoms with Crippen molar-refractivity contribution >= 4 is 23.3 Å². The Morgan fingerprint density at radius 2 is 1.70 bits per heavy atom. The number of rotatable bonds is 5. The lowest BCUT2D eigenvalue weighted by molar-refractivity contribution is 0.0986. The number of aliphatic hydroxyl groups excluding tert-OH is 1. The van der Waals surface area contributed by atoms with Gasteiger partial charge >= 0.3 is 0 Å². The fourth-order valence-corrected chi connectivity index (χ4v) is 2.75. The van der Waals surface area contributed by atoms with Gasteiger partial charge in [-0.3, -0.25) is 9.59 Å². The average Bonchev–Trinajstić information content (AvgIpc) is 2.47. The third kappa shape index (κ3) is 2.44. The van der Waals surface area contributed by atoms with E-state index in [1.807, 2.05) is 0 Å². The molecule has 0 spiro atoms. The first kappa shape index (κ1) is 14.6. The lowest BCUT2D eigenvalue weighted by Gasteiger charge is -2.19. The summed E-state index contributed by atoms with van der Waals surface area (Å²) in [4.78, 5) is 25.0. The summed E-state index contributed by atoms with van der Waals surface area (Å²) in [5, 5.41) is 8.84. The minimum atomic E-state index is -0.296. The quantitative estimate of drug-likeness (QED) is 0.891. The number of carbonyl (C=O) groups is 2. The highest BCUT2D eigenvalue weighted by atomic mass is 32.2. The summed E-state index contributed by atoms with van der Waals surface area (Å²) < 4.78 is 10.3. The maximum atomic E-state index is 12.5. The highest BCUT2D eigenvalue weighted by Gasteiger charge is 2.31. The molecule has 20 heavy (non-hydrogen) atoms. The second kappa shape index (κ2) is 6.11. The van der Waals surface area contributed by atoms with E-state index in [4.69, 9.17) is 14.6 Å². The predicted octanol–water partition coefficient (Wildman–Crippen LogP) is 1.69. The van der Waals surface area contributed by atoms with E-state index in [1.165, 1.54) is 20.3 Å². The van der Waals surface area contributed by atoms with Gasteiger partial charge in [0.15, 0.2) is 5.78 Å². The van der Waals surface area contributed by atoms with Gasteiger partial charge < -0.3 is 14.6 Å². The third-order valence-corrected chi connectivity index (χ3v) is 3.88. The fraction of sp³-hybridized carbons (Fsp3) is 0.286. The lowest BCUT2D eigenvalue weighted by atomic mass is 9.93. The van der Waals surface area contributed by atoms with Crippen LogP contribution in [0.1, 0.15) is 20.7 Å². The number of fused-ring (bicyclic) bond motifs is 1. The van der Waals surface area contributed by atoms with Crippen LogP contribution in [0.5, 0.6) is 11.5 Å². The topological polar surface area (TPSA) is 72.8 Å². The van der Waals surface area contributed by atoms with Crippen molar-refractivity contribution in [2.24, 2.45) is 0 Å². The van der Waals surface area contributed by atoms with Crippen molar-refractivity contribution in [3.05, 3.63) is 34.2 Å². The Bertz CT molecular complexity index is 591. The largest absolute Gasteiger partial charge is 0.496 e. The van der Waals surface area contributed by atoms with Gasteiger partial charge in [-0.05, 0) is 12.1 Å². The van der Waals surface area contributed by atoms with E-state index < -0.39 is 0 Å². The number of thioether (sulfide) groups is 1. The van der Waals surface area contributed by atoms with E-state index >= 15 is 0 Å². The molecule has 6 heteroatoms. The molecule has 0 atom stereocenters. The molecule has 0 heterocycles. The molecule has 0 radical (unpaired) electrons. The summed E-state index contributed by atoms with van der Waals surface area (Å²) in [6.45, 7) is -0.0639. The van der Waals surface area contributed by atoms with Crippen molar-refractivity contribution in [3.63, 3.8) is 0 Å². The number of ketones is 2. The normalized spacial score (nSPS) is 13.8. The summed E-state index contributed by atoms with van der Waals surface area (Å²) >= 11 is 1.15. The van der Waals surface area contributed by atoms with Gasteiger partial charge in [0.25, 0.3) is 0 Å². The number of aliphatic hydroxyl groups is 1. The lowest BCUT2D eigenvalue weighted by Crippen LogP contribution is -2.18. The van der Waals surface area contributed by atoms with E-state index in [0.29, 0.717) is 22.2 Å². The zero-order valence-corrected chi connectivity index (χ0v) is 12.0. The summed E-state index contributed by atoms with van der Waals surface area (Å²) in [6, 6.07) is 3.20. The second-order valence-corrected chi connectivity index (χ2v) is 5.13. The number of benzene rings is 1. The molecule has 5 nitrogen and oxygen atoms in total. The van der Waals surface area contributed by atoms with Gasteiger partial charge in [-0.1, -0.05) is 0 Å². The van der Waals surface area contributed by atoms with Crippen LogP contribution in [0.25, 0.3) is 0 Å². The number of Topliss-reactive ketones (excluding diaryl/α,β-unsaturated/α-hetero) is 1. The Morgan fingerprint density at radius 3 is 2.25 bits per heavy atom. The van der Waals surface area contributed by atoms with E-state index in [2.05, 4.69) is 0 Å². The highest BCUT2D eigenvalue weighted by Crippen LogP contribution is 2.38. The van der Waals surface area contributed by atoms with Crippen LogP contribution in [0.4, 0.5) is 0 Å². The Morgan fingerprint density at radius 1 is 1.10 bits per heavy atom. The van der Waals surface area contributed by atoms with Crippen molar-refractivity contribution in [2.45, 2.75) is 0 Å². The smallest absolute Gasteiger partial charge is 0.204 e. The second-order valence-electron chi connectivity index (χ2n) is 3.99. The minimum absolute atomic E-state index is 0.0639. The predicted molar refractivity (Wildman–Crippen MR) is 75.8 cm³/mol. The number of allylic oxidation sites excluding steroid dienone is 2. The van der Waals surface area contributed by atoms with Gasteiger partial charge in [0.05, 0.1) is 36.9 Å². The summed E-state index contributed by atoms with van der Waals surface area (Å²) in [5.41, 5.74) is 0.449. The Hall–Kier alpha value is -1.79. The van der Waals surface area contributed by atoms with Gasteiger partial charge in [-0.15, -0.1) is 11.8 Å². The van der Waals surface area contributed by atoms with Crippen LogP contribution in [0.2, 0.25) is 0 Å². The molecule has 0 amide bonds. The average molecular weight is 294 g/mol.